The second kappa shape index (κ2) is 6.87. The van der Waals surface area contributed by atoms with Gasteiger partial charge in [-0.2, -0.15) is 0 Å². The molecule has 7 heteroatoms. The van der Waals surface area contributed by atoms with Crippen molar-refractivity contribution in [2.45, 2.75) is 45.1 Å². The Bertz CT molecular complexity index is 828. The molecule has 1 atom stereocenters. The van der Waals surface area contributed by atoms with Crippen LogP contribution in [0.2, 0.25) is 0 Å². The van der Waals surface area contributed by atoms with Crippen molar-refractivity contribution >= 4 is 17.8 Å². The zero-order valence-corrected chi connectivity index (χ0v) is 16.0. The molecule has 2 amide bonds. The number of amides is 2. The second-order valence-electron chi connectivity index (χ2n) is 8.55. The Morgan fingerprint density at radius 1 is 1.18 bits per heavy atom. The molecule has 3 fully saturated rings. The van der Waals surface area contributed by atoms with Crippen molar-refractivity contribution in [2.24, 2.45) is 11.3 Å². The predicted octanol–water partition coefficient (Wildman–Crippen LogP) is 2.45. The third kappa shape index (κ3) is 3.38. The molecule has 150 valence electrons. The maximum absolute atomic E-state index is 13.6. The van der Waals surface area contributed by atoms with Gasteiger partial charge in [-0.1, -0.05) is 6.07 Å². The van der Waals surface area contributed by atoms with Crippen molar-refractivity contribution in [2.75, 3.05) is 19.6 Å². The normalized spacial score (nSPS) is 23.9. The molecule has 0 radical (unpaired) electrons. The van der Waals surface area contributed by atoms with Gasteiger partial charge in [0.05, 0.1) is 0 Å². The van der Waals surface area contributed by atoms with Gasteiger partial charge in [0, 0.05) is 31.1 Å². The fourth-order valence-corrected chi connectivity index (χ4v) is 4.61. The summed E-state index contributed by atoms with van der Waals surface area (Å²) >= 11 is 0. The number of aliphatic carboxylic acids is 1. The van der Waals surface area contributed by atoms with E-state index in [4.69, 9.17) is 0 Å². The van der Waals surface area contributed by atoms with Crippen molar-refractivity contribution in [3.05, 3.63) is 35.1 Å². The molecule has 2 heterocycles. The van der Waals surface area contributed by atoms with Crippen LogP contribution in [0, 0.1) is 24.1 Å². The molecular formula is C21H25FN2O4. The highest BCUT2D eigenvalue weighted by Crippen LogP contribution is 2.45. The molecule has 3 aliphatic rings. The van der Waals surface area contributed by atoms with Crippen LogP contribution in [-0.4, -0.2) is 58.4 Å². The van der Waals surface area contributed by atoms with Gasteiger partial charge in [0.15, 0.2) is 0 Å². The summed E-state index contributed by atoms with van der Waals surface area (Å²) in [7, 11) is 0. The Labute approximate surface area is 163 Å². The largest absolute Gasteiger partial charge is 0.480 e. The van der Waals surface area contributed by atoms with Gasteiger partial charge in [0.25, 0.3) is 5.91 Å². The predicted molar refractivity (Wildman–Crippen MR) is 99.2 cm³/mol. The van der Waals surface area contributed by atoms with Crippen LogP contribution >= 0.6 is 0 Å². The number of piperidine rings is 1. The number of rotatable bonds is 3. The van der Waals surface area contributed by atoms with E-state index in [-0.39, 0.29) is 23.1 Å². The van der Waals surface area contributed by atoms with Crippen LogP contribution in [0.25, 0.3) is 0 Å². The van der Waals surface area contributed by atoms with E-state index < -0.39 is 17.8 Å². The molecular weight excluding hydrogens is 363 g/mol. The Morgan fingerprint density at radius 3 is 2.46 bits per heavy atom. The fraction of sp³-hybridized carbons (Fsp3) is 0.571. The molecule has 4 rings (SSSR count). The van der Waals surface area contributed by atoms with Crippen LogP contribution in [0.3, 0.4) is 0 Å². The number of nitrogens with zero attached hydrogens (tertiary/aromatic N) is 2. The number of hydrogen-bond donors (Lipinski definition) is 1. The third-order valence-electron chi connectivity index (χ3n) is 6.54. The van der Waals surface area contributed by atoms with Crippen LogP contribution in [0.15, 0.2) is 18.2 Å². The molecule has 1 saturated carbocycles. The van der Waals surface area contributed by atoms with E-state index in [0.29, 0.717) is 44.5 Å². The topological polar surface area (TPSA) is 77.9 Å². The van der Waals surface area contributed by atoms with Crippen LogP contribution in [0.4, 0.5) is 4.39 Å². The summed E-state index contributed by atoms with van der Waals surface area (Å²) in [5, 5.41) is 9.60. The standard InChI is InChI=1S/C21H25FN2O4/c1-13-2-5-15(22)10-16(13)19(26)23-8-6-21(7-9-23)11-17(20(27)28)24(12-21)18(25)14-3-4-14/h2,5,10,14,17H,3-4,6-9,11-12H2,1H3,(H,27,28)/t17-/m0/s1. The Balaban J connectivity index is 1.45. The fourth-order valence-electron chi connectivity index (χ4n) is 4.61. The number of carbonyl (C=O) groups is 3. The molecule has 2 aliphatic heterocycles. The Kier molecular flexibility index (Phi) is 4.63. The highest BCUT2D eigenvalue weighted by Gasteiger charge is 2.52. The molecule has 2 saturated heterocycles. The van der Waals surface area contributed by atoms with E-state index in [2.05, 4.69) is 0 Å². The number of likely N-dealkylation sites (tertiary alicyclic amines) is 2. The maximum atomic E-state index is 13.6. The highest BCUT2D eigenvalue weighted by molar-refractivity contribution is 5.95. The van der Waals surface area contributed by atoms with Crippen molar-refractivity contribution < 1.29 is 23.9 Å². The van der Waals surface area contributed by atoms with Gasteiger partial charge in [-0.05, 0) is 62.1 Å². The number of halogens is 1. The van der Waals surface area contributed by atoms with Crippen LogP contribution < -0.4 is 0 Å². The molecule has 1 aromatic rings. The lowest BCUT2D eigenvalue weighted by Crippen LogP contribution is -2.45. The number of carboxylic acids is 1. The first-order valence-electron chi connectivity index (χ1n) is 9.88. The summed E-state index contributed by atoms with van der Waals surface area (Å²) in [6.45, 7) is 3.23. The average molecular weight is 388 g/mol. The first-order valence-corrected chi connectivity index (χ1v) is 9.88. The van der Waals surface area contributed by atoms with Gasteiger partial charge in [0.2, 0.25) is 5.91 Å². The molecule has 0 bridgehead atoms. The van der Waals surface area contributed by atoms with Gasteiger partial charge in [-0.15, -0.1) is 0 Å². The quantitative estimate of drug-likeness (QED) is 0.863. The molecule has 28 heavy (non-hydrogen) atoms. The third-order valence-corrected chi connectivity index (χ3v) is 6.54. The minimum atomic E-state index is -0.945. The summed E-state index contributed by atoms with van der Waals surface area (Å²) in [6, 6.07) is 3.45. The van der Waals surface area contributed by atoms with Crippen molar-refractivity contribution in [1.82, 2.24) is 9.80 Å². The van der Waals surface area contributed by atoms with Gasteiger partial charge in [-0.3, -0.25) is 9.59 Å². The molecule has 0 unspecified atom stereocenters. The zero-order valence-electron chi connectivity index (χ0n) is 16.0. The number of carbonyl (C=O) groups excluding carboxylic acids is 2. The minimum Gasteiger partial charge on any atom is -0.480 e. The number of carboxylic acid groups (broad SMARTS) is 1. The van der Waals surface area contributed by atoms with Crippen LogP contribution in [0.5, 0.6) is 0 Å². The van der Waals surface area contributed by atoms with Crippen LogP contribution in [0.1, 0.15) is 48.0 Å². The minimum absolute atomic E-state index is 0.00498. The van der Waals surface area contributed by atoms with Crippen LogP contribution in [-0.2, 0) is 9.59 Å². The first kappa shape index (κ1) is 18.9. The summed E-state index contributed by atoms with van der Waals surface area (Å²) in [6.07, 6.45) is 3.46. The van der Waals surface area contributed by atoms with Gasteiger partial charge >= 0.3 is 5.97 Å². The second-order valence-corrected chi connectivity index (χ2v) is 8.55. The van der Waals surface area contributed by atoms with E-state index in [1.807, 2.05) is 0 Å². The first-order chi connectivity index (χ1) is 13.3. The van der Waals surface area contributed by atoms with E-state index in [1.165, 1.54) is 12.1 Å². The van der Waals surface area contributed by atoms with E-state index >= 15 is 0 Å². The monoisotopic (exact) mass is 388 g/mol. The zero-order chi connectivity index (χ0) is 20.1. The highest BCUT2D eigenvalue weighted by atomic mass is 19.1. The summed E-state index contributed by atoms with van der Waals surface area (Å²) in [5.74, 6) is -1.60. The average Bonchev–Trinajstić information content (AvgIpc) is 3.45. The van der Waals surface area contributed by atoms with Crippen molar-refractivity contribution in [3.63, 3.8) is 0 Å². The summed E-state index contributed by atoms with van der Waals surface area (Å²) in [4.78, 5) is 40.4. The van der Waals surface area contributed by atoms with E-state index in [1.54, 1.807) is 22.8 Å². The lowest BCUT2D eigenvalue weighted by atomic mass is 9.76. The summed E-state index contributed by atoms with van der Waals surface area (Å²) in [5.41, 5.74) is 0.859. The summed E-state index contributed by atoms with van der Waals surface area (Å²) < 4.78 is 13.6. The SMILES string of the molecule is Cc1ccc(F)cc1C(=O)N1CCC2(CC1)C[C@@H](C(=O)O)N(C(=O)C1CC1)C2. The van der Waals surface area contributed by atoms with Gasteiger partial charge < -0.3 is 14.9 Å². The van der Waals surface area contributed by atoms with Crippen molar-refractivity contribution in [1.29, 1.82) is 0 Å². The smallest absolute Gasteiger partial charge is 0.326 e. The van der Waals surface area contributed by atoms with Crippen molar-refractivity contribution in [3.8, 4) is 0 Å². The van der Waals surface area contributed by atoms with Gasteiger partial charge in [0.1, 0.15) is 11.9 Å². The molecule has 1 N–H and O–H groups in total. The lowest BCUT2D eigenvalue weighted by molar-refractivity contribution is -0.148. The molecule has 1 spiro atoms. The molecule has 6 nitrogen and oxygen atoms in total. The van der Waals surface area contributed by atoms with E-state index in [0.717, 1.165) is 18.4 Å². The Hall–Kier alpha value is -2.44. The van der Waals surface area contributed by atoms with E-state index in [9.17, 15) is 23.9 Å². The molecule has 0 aromatic heterocycles. The van der Waals surface area contributed by atoms with Gasteiger partial charge in [-0.25, -0.2) is 9.18 Å². The Morgan fingerprint density at radius 2 is 1.86 bits per heavy atom. The number of benzene rings is 1. The molecule has 1 aromatic carbocycles. The number of aryl methyl sites for hydroxylation is 1. The maximum Gasteiger partial charge on any atom is 0.326 e. The number of hydrogen-bond acceptors (Lipinski definition) is 3. The lowest BCUT2D eigenvalue weighted by Gasteiger charge is -2.39. The molecule has 1 aliphatic carbocycles.